The third kappa shape index (κ3) is 3.72. The fourth-order valence-electron chi connectivity index (χ4n) is 4.01. The molecule has 1 aliphatic rings. The lowest BCUT2D eigenvalue weighted by Gasteiger charge is -2.39. The molecule has 0 amide bonds. The number of hydrogen-bond donors (Lipinski definition) is 4. The molecule has 4 aromatic rings. The summed E-state index contributed by atoms with van der Waals surface area (Å²) in [6, 6.07) is 11.5. The molecule has 3 heterocycles. The van der Waals surface area contributed by atoms with Crippen LogP contribution in [-0.4, -0.2) is 51.1 Å². The first-order valence-corrected chi connectivity index (χ1v) is 10.4. The summed E-state index contributed by atoms with van der Waals surface area (Å²) in [6.07, 6.45) is -6.64. The van der Waals surface area contributed by atoms with Gasteiger partial charge in [-0.2, -0.15) is 0 Å². The van der Waals surface area contributed by atoms with Crippen LogP contribution in [0.1, 0.15) is 6.92 Å². The summed E-state index contributed by atoms with van der Waals surface area (Å²) in [5, 5.41) is 42.3. The van der Waals surface area contributed by atoms with Crippen molar-refractivity contribution in [2.24, 2.45) is 0 Å². The Morgan fingerprint density at radius 1 is 0.824 bits per heavy atom. The van der Waals surface area contributed by atoms with Crippen LogP contribution in [0.2, 0.25) is 0 Å². The van der Waals surface area contributed by atoms with E-state index in [4.69, 9.17) is 18.3 Å². The molecule has 0 spiro atoms. The van der Waals surface area contributed by atoms with E-state index >= 15 is 0 Å². The van der Waals surface area contributed by atoms with Gasteiger partial charge >= 0.3 is 11.3 Å². The zero-order valence-corrected chi connectivity index (χ0v) is 17.7. The van der Waals surface area contributed by atoms with Crippen LogP contribution < -0.4 is 16.0 Å². The Balaban J connectivity index is 1.71. The van der Waals surface area contributed by atoms with Gasteiger partial charge in [-0.15, -0.1) is 0 Å². The molecule has 0 aliphatic carbocycles. The number of phenols is 1. The molecule has 0 bridgehead atoms. The summed E-state index contributed by atoms with van der Waals surface area (Å²) >= 11 is 0. The van der Waals surface area contributed by atoms with Gasteiger partial charge in [0.05, 0.1) is 11.7 Å². The standard InChI is InChI=1S/C24H20O10/c1-10-20(28)21(29)22(30)24(31-10)33-15-5-2-11-3-6-18(27)34-23(11)19(15)13-8-12-4-7-17(26)32-16(12)9-14(13)25/h2-10,20-22,24-25,28-30H,1H3/t10-,20-,21+,22+,24-/m0/s1. The Kier molecular flexibility index (Phi) is 5.37. The minimum absolute atomic E-state index is 0.0636. The Morgan fingerprint density at radius 3 is 2.26 bits per heavy atom. The van der Waals surface area contributed by atoms with Crippen LogP contribution in [0.25, 0.3) is 33.1 Å². The van der Waals surface area contributed by atoms with Gasteiger partial charge in [-0.25, -0.2) is 9.59 Å². The van der Waals surface area contributed by atoms with Crippen LogP contribution in [0.4, 0.5) is 0 Å². The first-order valence-electron chi connectivity index (χ1n) is 10.4. The molecule has 0 radical (unpaired) electrons. The van der Waals surface area contributed by atoms with E-state index in [9.17, 15) is 30.0 Å². The van der Waals surface area contributed by atoms with Crippen LogP contribution in [0.5, 0.6) is 11.5 Å². The van der Waals surface area contributed by atoms with Crippen molar-refractivity contribution in [3.05, 3.63) is 69.4 Å². The van der Waals surface area contributed by atoms with Gasteiger partial charge in [-0.1, -0.05) is 0 Å². The molecule has 10 nitrogen and oxygen atoms in total. The lowest BCUT2D eigenvalue weighted by atomic mass is 9.98. The number of aliphatic hydroxyl groups excluding tert-OH is 3. The largest absolute Gasteiger partial charge is 0.507 e. The molecule has 5 atom stereocenters. The Hall–Kier alpha value is -3.70. The molecule has 2 aromatic carbocycles. The predicted octanol–water partition coefficient (Wildman–Crippen LogP) is 1.48. The smallest absolute Gasteiger partial charge is 0.336 e. The average Bonchev–Trinajstić information content (AvgIpc) is 2.80. The van der Waals surface area contributed by atoms with E-state index in [2.05, 4.69) is 0 Å². The fourth-order valence-corrected chi connectivity index (χ4v) is 4.01. The van der Waals surface area contributed by atoms with Crippen molar-refractivity contribution in [3.8, 4) is 22.6 Å². The molecule has 4 N–H and O–H groups in total. The Labute approximate surface area is 190 Å². The highest BCUT2D eigenvalue weighted by atomic mass is 16.7. The number of rotatable bonds is 3. The first kappa shape index (κ1) is 22.1. The monoisotopic (exact) mass is 468 g/mol. The second-order valence-corrected chi connectivity index (χ2v) is 8.07. The minimum Gasteiger partial charge on any atom is -0.507 e. The average molecular weight is 468 g/mol. The summed E-state index contributed by atoms with van der Waals surface area (Å²) in [5.74, 6) is -0.228. The Morgan fingerprint density at radius 2 is 1.50 bits per heavy atom. The second kappa shape index (κ2) is 8.26. The minimum atomic E-state index is -1.59. The van der Waals surface area contributed by atoms with E-state index in [1.54, 1.807) is 12.1 Å². The number of aliphatic hydroxyl groups is 3. The van der Waals surface area contributed by atoms with E-state index in [1.807, 2.05) is 0 Å². The van der Waals surface area contributed by atoms with Crippen LogP contribution in [0.3, 0.4) is 0 Å². The maximum atomic E-state index is 12.0. The number of ether oxygens (including phenoxy) is 2. The number of fused-ring (bicyclic) bond motifs is 2. The highest BCUT2D eigenvalue weighted by molar-refractivity contribution is 5.99. The number of hydrogen-bond acceptors (Lipinski definition) is 10. The summed E-state index contributed by atoms with van der Waals surface area (Å²) in [6.45, 7) is 1.51. The summed E-state index contributed by atoms with van der Waals surface area (Å²) < 4.78 is 22.0. The van der Waals surface area contributed by atoms with Crippen molar-refractivity contribution in [3.63, 3.8) is 0 Å². The topological polar surface area (TPSA) is 160 Å². The fraction of sp³-hybridized carbons (Fsp3) is 0.250. The van der Waals surface area contributed by atoms with Crippen molar-refractivity contribution in [2.75, 3.05) is 0 Å². The van der Waals surface area contributed by atoms with E-state index in [-0.39, 0.29) is 33.8 Å². The quantitative estimate of drug-likeness (QED) is 0.324. The summed E-state index contributed by atoms with van der Waals surface area (Å²) in [7, 11) is 0. The van der Waals surface area contributed by atoms with Crippen molar-refractivity contribution >= 4 is 21.9 Å². The molecule has 5 rings (SSSR count). The van der Waals surface area contributed by atoms with Crippen molar-refractivity contribution < 1.29 is 38.7 Å². The normalized spacial score (nSPS) is 25.0. The molecule has 0 saturated carbocycles. The van der Waals surface area contributed by atoms with Gasteiger partial charge < -0.3 is 38.7 Å². The second-order valence-electron chi connectivity index (χ2n) is 8.07. The van der Waals surface area contributed by atoms with Crippen molar-refractivity contribution in [2.45, 2.75) is 37.6 Å². The number of aromatic hydroxyl groups is 1. The highest BCUT2D eigenvalue weighted by Crippen LogP contribution is 2.43. The SMILES string of the molecule is C[C@@H]1O[C@@H](Oc2ccc3ccc(=O)oc3c2-c2cc3ccc(=O)oc3cc2O)[C@H](O)[C@H](O)[C@H]1O. The highest BCUT2D eigenvalue weighted by Gasteiger charge is 2.43. The maximum absolute atomic E-state index is 12.0. The zero-order valence-electron chi connectivity index (χ0n) is 17.7. The summed E-state index contributed by atoms with van der Waals surface area (Å²) in [5.41, 5.74) is -0.623. The molecule has 1 saturated heterocycles. The van der Waals surface area contributed by atoms with Gasteiger partial charge in [-0.3, -0.25) is 0 Å². The van der Waals surface area contributed by atoms with Gasteiger partial charge in [0.2, 0.25) is 6.29 Å². The van der Waals surface area contributed by atoms with Gasteiger partial charge in [-0.05, 0) is 37.3 Å². The van der Waals surface area contributed by atoms with Crippen LogP contribution >= 0.6 is 0 Å². The van der Waals surface area contributed by atoms with Crippen LogP contribution in [-0.2, 0) is 4.74 Å². The number of phenolic OH excluding ortho intramolecular Hbond substituents is 1. The molecular weight excluding hydrogens is 448 g/mol. The van der Waals surface area contributed by atoms with Crippen LogP contribution in [0.15, 0.2) is 67.0 Å². The van der Waals surface area contributed by atoms with Crippen molar-refractivity contribution in [1.82, 2.24) is 0 Å². The van der Waals surface area contributed by atoms with E-state index < -0.39 is 42.0 Å². The maximum Gasteiger partial charge on any atom is 0.336 e. The summed E-state index contributed by atoms with van der Waals surface area (Å²) in [4.78, 5) is 23.6. The molecule has 34 heavy (non-hydrogen) atoms. The Bertz CT molecular complexity index is 1500. The van der Waals surface area contributed by atoms with Gasteiger partial charge in [0, 0.05) is 34.5 Å². The third-order valence-electron chi connectivity index (χ3n) is 5.81. The molecule has 2 aromatic heterocycles. The molecule has 176 valence electrons. The van der Waals surface area contributed by atoms with E-state index in [0.29, 0.717) is 10.8 Å². The predicted molar refractivity (Wildman–Crippen MR) is 119 cm³/mol. The van der Waals surface area contributed by atoms with Gasteiger partial charge in [0.1, 0.15) is 41.0 Å². The zero-order chi connectivity index (χ0) is 24.1. The van der Waals surface area contributed by atoms with E-state index in [1.165, 1.54) is 43.3 Å². The molecule has 1 aliphatic heterocycles. The van der Waals surface area contributed by atoms with Crippen LogP contribution in [0, 0.1) is 0 Å². The molecule has 0 unspecified atom stereocenters. The molecule has 10 heteroatoms. The third-order valence-corrected chi connectivity index (χ3v) is 5.81. The van der Waals surface area contributed by atoms with Crippen molar-refractivity contribution in [1.29, 1.82) is 0 Å². The van der Waals surface area contributed by atoms with Gasteiger partial charge in [0.15, 0.2) is 0 Å². The number of benzene rings is 2. The lowest BCUT2D eigenvalue weighted by Crippen LogP contribution is -2.58. The first-order chi connectivity index (χ1) is 16.2. The molecular formula is C24H20O10. The lowest BCUT2D eigenvalue weighted by molar-refractivity contribution is -0.268. The van der Waals surface area contributed by atoms with E-state index in [0.717, 1.165) is 0 Å². The molecule has 1 fully saturated rings. The van der Waals surface area contributed by atoms with Gasteiger partial charge in [0.25, 0.3) is 0 Å².